The Labute approximate surface area is 121 Å². The molecule has 0 aliphatic heterocycles. The summed E-state index contributed by atoms with van der Waals surface area (Å²) in [6, 6.07) is 5.25. The van der Waals surface area contributed by atoms with Crippen molar-refractivity contribution >= 4 is 29.2 Å². The molecule has 0 unspecified atom stereocenters. The second kappa shape index (κ2) is 4.91. The first-order valence-corrected chi connectivity index (χ1v) is 6.47. The predicted molar refractivity (Wildman–Crippen MR) is 77.0 cm³/mol. The van der Waals surface area contributed by atoms with Gasteiger partial charge in [0.1, 0.15) is 0 Å². The SMILES string of the molecule is Cc1c(C(=O)O)c(C)n(-c2ccc(Cl)c(Cl)c2)c1C. The van der Waals surface area contributed by atoms with E-state index < -0.39 is 5.97 Å². The van der Waals surface area contributed by atoms with E-state index in [4.69, 9.17) is 23.2 Å². The van der Waals surface area contributed by atoms with E-state index in [1.54, 1.807) is 26.0 Å². The van der Waals surface area contributed by atoms with Crippen LogP contribution in [0.25, 0.3) is 5.69 Å². The fourth-order valence-corrected chi connectivity index (χ4v) is 2.60. The highest BCUT2D eigenvalue weighted by atomic mass is 35.5. The zero-order chi connectivity index (χ0) is 14.3. The second-order valence-electron chi connectivity index (χ2n) is 4.41. The summed E-state index contributed by atoms with van der Waals surface area (Å²) in [6.45, 7) is 5.48. The molecule has 19 heavy (non-hydrogen) atoms. The number of nitrogens with zero attached hydrogens (tertiary/aromatic N) is 1. The molecule has 0 bridgehead atoms. The average molecular weight is 298 g/mol. The Morgan fingerprint density at radius 1 is 1.11 bits per heavy atom. The van der Waals surface area contributed by atoms with Gasteiger partial charge < -0.3 is 9.67 Å². The minimum atomic E-state index is -0.920. The Bertz CT molecular complexity index is 675. The summed E-state index contributed by atoms with van der Waals surface area (Å²) in [5.74, 6) is -0.920. The van der Waals surface area contributed by atoms with Gasteiger partial charge in [-0.05, 0) is 44.5 Å². The normalized spacial score (nSPS) is 10.8. The van der Waals surface area contributed by atoms with Crippen molar-refractivity contribution in [2.75, 3.05) is 0 Å². The quantitative estimate of drug-likeness (QED) is 0.892. The van der Waals surface area contributed by atoms with Crippen molar-refractivity contribution in [3.05, 3.63) is 50.8 Å². The maximum absolute atomic E-state index is 11.3. The van der Waals surface area contributed by atoms with Gasteiger partial charge in [0.05, 0.1) is 15.6 Å². The summed E-state index contributed by atoms with van der Waals surface area (Å²) in [5.41, 5.74) is 3.47. The Morgan fingerprint density at radius 2 is 1.74 bits per heavy atom. The predicted octanol–water partition coefficient (Wildman–Crippen LogP) is 4.41. The summed E-state index contributed by atoms with van der Waals surface area (Å²) >= 11 is 11.9. The highest BCUT2D eigenvalue weighted by Gasteiger charge is 2.20. The molecule has 0 atom stereocenters. The molecule has 1 aromatic carbocycles. The summed E-state index contributed by atoms with van der Waals surface area (Å²) < 4.78 is 1.88. The largest absolute Gasteiger partial charge is 0.478 e. The van der Waals surface area contributed by atoms with Crippen molar-refractivity contribution in [2.24, 2.45) is 0 Å². The molecular weight excluding hydrogens is 285 g/mol. The van der Waals surface area contributed by atoms with Crippen molar-refractivity contribution in [2.45, 2.75) is 20.8 Å². The summed E-state index contributed by atoms with van der Waals surface area (Å²) in [4.78, 5) is 11.3. The standard InChI is InChI=1S/C14H13Cl2NO2/c1-7-8(2)17(9(3)13(7)14(18)19)10-4-5-11(15)12(16)6-10/h4-6H,1-3H3,(H,18,19). The van der Waals surface area contributed by atoms with Crippen LogP contribution >= 0.6 is 23.2 Å². The topological polar surface area (TPSA) is 42.2 Å². The van der Waals surface area contributed by atoms with Crippen LogP contribution in [0.5, 0.6) is 0 Å². The number of hydrogen-bond donors (Lipinski definition) is 1. The van der Waals surface area contributed by atoms with Crippen molar-refractivity contribution in [3.8, 4) is 5.69 Å². The first kappa shape index (κ1) is 14.0. The number of carboxylic acids is 1. The molecule has 0 aliphatic rings. The minimum absolute atomic E-state index is 0.337. The number of rotatable bonds is 2. The van der Waals surface area contributed by atoms with Crippen molar-refractivity contribution in [3.63, 3.8) is 0 Å². The average Bonchev–Trinajstić information content (AvgIpc) is 2.54. The van der Waals surface area contributed by atoms with E-state index in [1.807, 2.05) is 17.6 Å². The first-order chi connectivity index (χ1) is 8.84. The number of carboxylic acid groups (broad SMARTS) is 1. The molecule has 0 aliphatic carbocycles. The molecule has 100 valence electrons. The van der Waals surface area contributed by atoms with Gasteiger partial charge in [-0.2, -0.15) is 0 Å². The van der Waals surface area contributed by atoms with Crippen molar-refractivity contribution < 1.29 is 9.90 Å². The number of benzene rings is 1. The summed E-state index contributed by atoms with van der Waals surface area (Å²) in [5, 5.41) is 10.2. The maximum Gasteiger partial charge on any atom is 0.337 e. The van der Waals surface area contributed by atoms with E-state index in [0.717, 1.165) is 16.9 Å². The lowest BCUT2D eigenvalue weighted by atomic mass is 10.1. The number of aromatic carboxylic acids is 1. The molecule has 1 aromatic heterocycles. The Kier molecular flexibility index (Phi) is 3.61. The molecule has 1 N–H and O–H groups in total. The van der Waals surface area contributed by atoms with Crippen LogP contribution in [0, 0.1) is 20.8 Å². The van der Waals surface area contributed by atoms with Crippen LogP contribution in [0.15, 0.2) is 18.2 Å². The lowest BCUT2D eigenvalue weighted by molar-refractivity contribution is 0.0695. The second-order valence-corrected chi connectivity index (χ2v) is 5.22. The molecule has 1 heterocycles. The molecule has 0 saturated heterocycles. The van der Waals surface area contributed by atoms with Gasteiger partial charge in [0.25, 0.3) is 0 Å². The van der Waals surface area contributed by atoms with Crippen molar-refractivity contribution in [1.29, 1.82) is 0 Å². The van der Waals surface area contributed by atoms with E-state index in [9.17, 15) is 9.90 Å². The minimum Gasteiger partial charge on any atom is -0.478 e. The van der Waals surface area contributed by atoms with Crippen LogP contribution in [0.1, 0.15) is 27.3 Å². The van der Waals surface area contributed by atoms with Crippen LogP contribution in [0.3, 0.4) is 0 Å². The van der Waals surface area contributed by atoms with E-state index in [1.165, 1.54) is 0 Å². The fourth-order valence-electron chi connectivity index (χ4n) is 2.31. The van der Waals surface area contributed by atoms with Gasteiger partial charge in [-0.1, -0.05) is 23.2 Å². The van der Waals surface area contributed by atoms with E-state index >= 15 is 0 Å². The molecule has 0 saturated carbocycles. The molecule has 0 radical (unpaired) electrons. The monoisotopic (exact) mass is 297 g/mol. The molecule has 0 spiro atoms. The Hall–Kier alpha value is -1.45. The van der Waals surface area contributed by atoms with Gasteiger partial charge in [0.2, 0.25) is 0 Å². The van der Waals surface area contributed by atoms with Gasteiger partial charge in [-0.15, -0.1) is 0 Å². The lowest BCUT2D eigenvalue weighted by Crippen LogP contribution is -2.02. The Balaban J connectivity index is 2.72. The molecule has 5 heteroatoms. The molecule has 2 aromatic rings. The third-order valence-electron chi connectivity index (χ3n) is 3.33. The number of hydrogen-bond acceptors (Lipinski definition) is 1. The van der Waals surface area contributed by atoms with Crippen LogP contribution in [0.2, 0.25) is 10.0 Å². The summed E-state index contributed by atoms with van der Waals surface area (Å²) in [7, 11) is 0. The first-order valence-electron chi connectivity index (χ1n) is 5.71. The van der Waals surface area contributed by atoms with Crippen molar-refractivity contribution in [1.82, 2.24) is 4.57 Å². The zero-order valence-electron chi connectivity index (χ0n) is 10.8. The van der Waals surface area contributed by atoms with Crippen LogP contribution in [0.4, 0.5) is 0 Å². The van der Waals surface area contributed by atoms with E-state index in [-0.39, 0.29) is 0 Å². The molecule has 0 amide bonds. The number of halogens is 2. The maximum atomic E-state index is 11.3. The van der Waals surface area contributed by atoms with E-state index in [0.29, 0.717) is 21.3 Å². The van der Waals surface area contributed by atoms with Crippen LogP contribution in [-0.2, 0) is 0 Å². The molecule has 0 fully saturated rings. The smallest absolute Gasteiger partial charge is 0.337 e. The number of aromatic nitrogens is 1. The third kappa shape index (κ3) is 2.24. The van der Waals surface area contributed by atoms with Gasteiger partial charge in [0.15, 0.2) is 0 Å². The molecule has 2 rings (SSSR count). The highest BCUT2D eigenvalue weighted by Crippen LogP contribution is 2.29. The Morgan fingerprint density at radius 3 is 2.21 bits per heavy atom. The van der Waals surface area contributed by atoms with Gasteiger partial charge in [0, 0.05) is 17.1 Å². The zero-order valence-corrected chi connectivity index (χ0v) is 12.3. The summed E-state index contributed by atoms with van der Waals surface area (Å²) in [6.07, 6.45) is 0. The molecule has 3 nitrogen and oxygen atoms in total. The van der Waals surface area contributed by atoms with Gasteiger partial charge in [-0.25, -0.2) is 4.79 Å². The number of carbonyl (C=O) groups is 1. The fraction of sp³-hybridized carbons (Fsp3) is 0.214. The highest BCUT2D eigenvalue weighted by molar-refractivity contribution is 6.42. The van der Waals surface area contributed by atoms with Crippen LogP contribution in [-0.4, -0.2) is 15.6 Å². The van der Waals surface area contributed by atoms with Crippen LogP contribution < -0.4 is 0 Å². The van der Waals surface area contributed by atoms with E-state index in [2.05, 4.69) is 0 Å². The third-order valence-corrected chi connectivity index (χ3v) is 4.06. The lowest BCUT2D eigenvalue weighted by Gasteiger charge is -2.10. The van der Waals surface area contributed by atoms with Gasteiger partial charge in [-0.3, -0.25) is 0 Å². The molecular formula is C14H13Cl2NO2. The van der Waals surface area contributed by atoms with Gasteiger partial charge >= 0.3 is 5.97 Å².